The number of aromatic nitrogens is 2. The smallest absolute Gasteiger partial charge is 0.228 e. The lowest BCUT2D eigenvalue weighted by Gasteiger charge is -2.10. The quantitative estimate of drug-likeness (QED) is 0.727. The second-order valence-corrected chi connectivity index (χ2v) is 6.44. The number of anilines is 1. The molecule has 4 rings (SSSR count). The number of hydrogen-bond donors (Lipinski definition) is 1. The van der Waals surface area contributed by atoms with Crippen LogP contribution in [-0.2, 0) is 11.8 Å². The summed E-state index contributed by atoms with van der Waals surface area (Å²) in [6, 6.07) is 11.7. The molecule has 1 amide bonds. The van der Waals surface area contributed by atoms with E-state index in [1.54, 1.807) is 19.4 Å². The van der Waals surface area contributed by atoms with Gasteiger partial charge in [-0.25, -0.2) is 4.98 Å². The average molecular weight is 376 g/mol. The van der Waals surface area contributed by atoms with E-state index in [1.807, 2.05) is 49.7 Å². The van der Waals surface area contributed by atoms with E-state index in [9.17, 15) is 10.1 Å². The van der Waals surface area contributed by atoms with E-state index >= 15 is 0 Å². The largest absolute Gasteiger partial charge is 0.496 e. The molecule has 6 heteroatoms. The Kier molecular flexibility index (Phi) is 5.65. The third-order valence-corrected chi connectivity index (χ3v) is 4.76. The van der Waals surface area contributed by atoms with Crippen LogP contribution in [0.3, 0.4) is 0 Å². The molecule has 1 fully saturated rings. The molecule has 1 aromatic carbocycles. The van der Waals surface area contributed by atoms with Crippen molar-refractivity contribution in [3.05, 3.63) is 42.1 Å². The molecule has 2 heterocycles. The highest BCUT2D eigenvalue weighted by Gasteiger charge is 2.30. The predicted molar refractivity (Wildman–Crippen MR) is 110 cm³/mol. The zero-order valence-corrected chi connectivity index (χ0v) is 16.6. The summed E-state index contributed by atoms with van der Waals surface area (Å²) in [5.41, 5.74) is 2.98. The van der Waals surface area contributed by atoms with Crippen molar-refractivity contribution in [1.82, 2.24) is 9.55 Å². The number of rotatable bonds is 4. The zero-order valence-electron chi connectivity index (χ0n) is 16.6. The molecule has 1 saturated carbocycles. The lowest BCUT2D eigenvalue weighted by molar-refractivity contribution is -0.117. The lowest BCUT2D eigenvalue weighted by Crippen LogP contribution is -2.14. The Morgan fingerprint density at radius 3 is 2.68 bits per heavy atom. The Balaban J connectivity index is 0.00000109. The highest BCUT2D eigenvalue weighted by atomic mass is 16.5. The molecule has 0 spiro atoms. The van der Waals surface area contributed by atoms with E-state index in [0.29, 0.717) is 17.1 Å². The van der Waals surface area contributed by atoms with Crippen LogP contribution in [0.2, 0.25) is 0 Å². The molecule has 0 radical (unpaired) electrons. The Hall–Kier alpha value is -3.33. The summed E-state index contributed by atoms with van der Waals surface area (Å²) in [6.45, 7) is 4.00. The maximum atomic E-state index is 12.0. The number of carbonyl (C=O) groups is 1. The van der Waals surface area contributed by atoms with Crippen molar-refractivity contribution >= 4 is 22.6 Å². The number of ether oxygens (including phenoxy) is 1. The van der Waals surface area contributed by atoms with Crippen molar-refractivity contribution < 1.29 is 9.53 Å². The number of nitrogens with one attached hydrogen (secondary N) is 1. The number of fused-ring (bicyclic) bond motifs is 1. The van der Waals surface area contributed by atoms with Gasteiger partial charge in [-0.15, -0.1) is 0 Å². The average Bonchev–Trinajstić information content (AvgIpc) is 3.55. The Bertz CT molecular complexity index is 1060. The SMILES string of the molecule is CC.COc1ccccc1-c1c(C#N)c2cc(NC(=O)C3CC3)ncc2n1C. The van der Waals surface area contributed by atoms with Crippen LogP contribution in [0.15, 0.2) is 36.5 Å². The predicted octanol–water partition coefficient (Wildman–Crippen LogP) is 4.50. The monoisotopic (exact) mass is 376 g/mol. The summed E-state index contributed by atoms with van der Waals surface area (Å²) in [5.74, 6) is 1.27. The Labute approximate surface area is 164 Å². The maximum Gasteiger partial charge on any atom is 0.228 e. The fourth-order valence-corrected chi connectivity index (χ4v) is 3.24. The molecule has 0 unspecified atom stereocenters. The number of carbonyl (C=O) groups excluding carboxylic acids is 1. The van der Waals surface area contributed by atoms with E-state index in [4.69, 9.17) is 4.74 Å². The molecule has 1 aliphatic carbocycles. The molecular formula is C22H24N4O2. The molecule has 3 aromatic rings. The summed E-state index contributed by atoms with van der Waals surface area (Å²) < 4.78 is 7.40. The van der Waals surface area contributed by atoms with Gasteiger partial charge in [0.05, 0.1) is 30.1 Å². The number of aryl methyl sites for hydroxylation is 1. The normalized spacial score (nSPS) is 12.7. The van der Waals surface area contributed by atoms with Gasteiger partial charge in [-0.3, -0.25) is 4.79 Å². The number of hydrogen-bond acceptors (Lipinski definition) is 4. The summed E-state index contributed by atoms with van der Waals surface area (Å²) in [4.78, 5) is 16.4. The van der Waals surface area contributed by atoms with Crippen molar-refractivity contribution in [1.29, 1.82) is 5.26 Å². The van der Waals surface area contributed by atoms with E-state index in [2.05, 4.69) is 16.4 Å². The summed E-state index contributed by atoms with van der Waals surface area (Å²) in [6.07, 6.45) is 3.55. The number of amides is 1. The highest BCUT2D eigenvalue weighted by molar-refractivity contribution is 5.99. The van der Waals surface area contributed by atoms with E-state index in [1.165, 1.54) is 0 Å². The van der Waals surface area contributed by atoms with Crippen molar-refractivity contribution in [2.45, 2.75) is 26.7 Å². The van der Waals surface area contributed by atoms with Gasteiger partial charge in [0.1, 0.15) is 17.6 Å². The van der Waals surface area contributed by atoms with Crippen LogP contribution < -0.4 is 10.1 Å². The van der Waals surface area contributed by atoms with Crippen molar-refractivity contribution in [3.63, 3.8) is 0 Å². The Morgan fingerprint density at radius 1 is 1.32 bits per heavy atom. The third kappa shape index (κ3) is 3.44. The molecule has 0 atom stereocenters. The maximum absolute atomic E-state index is 12.0. The fraction of sp³-hybridized carbons (Fsp3) is 0.318. The molecule has 0 bridgehead atoms. The van der Waals surface area contributed by atoms with Gasteiger partial charge in [0, 0.05) is 23.9 Å². The minimum Gasteiger partial charge on any atom is -0.496 e. The van der Waals surface area contributed by atoms with Crippen molar-refractivity contribution in [2.24, 2.45) is 13.0 Å². The van der Waals surface area contributed by atoms with Crippen LogP contribution in [0.5, 0.6) is 5.75 Å². The van der Waals surface area contributed by atoms with Gasteiger partial charge in [-0.05, 0) is 31.0 Å². The first-order chi connectivity index (χ1) is 13.6. The van der Waals surface area contributed by atoms with E-state index in [0.717, 1.165) is 35.0 Å². The van der Waals surface area contributed by atoms with Crippen molar-refractivity contribution in [2.75, 3.05) is 12.4 Å². The zero-order chi connectivity index (χ0) is 20.3. The summed E-state index contributed by atoms with van der Waals surface area (Å²) in [7, 11) is 3.51. The molecule has 6 nitrogen and oxygen atoms in total. The minimum atomic E-state index is -0.00348. The summed E-state index contributed by atoms with van der Waals surface area (Å²) in [5, 5.41) is 13.4. The fourth-order valence-electron chi connectivity index (χ4n) is 3.24. The van der Waals surface area contributed by atoms with Gasteiger partial charge >= 0.3 is 0 Å². The molecular weight excluding hydrogens is 352 g/mol. The van der Waals surface area contributed by atoms with Gasteiger partial charge in [-0.1, -0.05) is 26.0 Å². The van der Waals surface area contributed by atoms with Crippen LogP contribution >= 0.6 is 0 Å². The molecule has 2 aromatic heterocycles. The molecule has 144 valence electrons. The van der Waals surface area contributed by atoms with Gasteiger partial charge in [0.2, 0.25) is 5.91 Å². The van der Waals surface area contributed by atoms with E-state index < -0.39 is 0 Å². The first-order valence-electron chi connectivity index (χ1n) is 9.46. The van der Waals surface area contributed by atoms with Gasteiger partial charge in [-0.2, -0.15) is 5.26 Å². The second-order valence-electron chi connectivity index (χ2n) is 6.44. The highest BCUT2D eigenvalue weighted by Crippen LogP contribution is 2.38. The standard InChI is InChI=1S/C20H18N4O2.C2H6/c1-24-16-11-22-18(23-20(25)12-7-8-12)9-14(16)15(10-21)19(24)13-5-3-4-6-17(13)26-2;1-2/h3-6,9,11-12H,7-8H2,1-2H3,(H,22,23,25);1-2H3. The van der Waals surface area contributed by atoms with Crippen LogP contribution in [-0.4, -0.2) is 22.6 Å². The van der Waals surface area contributed by atoms with Crippen LogP contribution in [0, 0.1) is 17.2 Å². The van der Waals surface area contributed by atoms with Crippen LogP contribution in [0.25, 0.3) is 22.2 Å². The third-order valence-electron chi connectivity index (χ3n) is 4.76. The number of benzene rings is 1. The molecule has 1 N–H and O–H groups in total. The number of para-hydroxylation sites is 1. The first kappa shape index (κ1) is 19.4. The second kappa shape index (κ2) is 8.13. The van der Waals surface area contributed by atoms with Gasteiger partial charge in [0.15, 0.2) is 0 Å². The first-order valence-corrected chi connectivity index (χ1v) is 9.46. The molecule has 1 aliphatic rings. The van der Waals surface area contributed by atoms with E-state index in [-0.39, 0.29) is 11.8 Å². The summed E-state index contributed by atoms with van der Waals surface area (Å²) >= 11 is 0. The molecule has 28 heavy (non-hydrogen) atoms. The lowest BCUT2D eigenvalue weighted by atomic mass is 10.1. The van der Waals surface area contributed by atoms with Crippen LogP contribution in [0.1, 0.15) is 32.3 Å². The van der Waals surface area contributed by atoms with Crippen LogP contribution in [0.4, 0.5) is 5.82 Å². The van der Waals surface area contributed by atoms with Gasteiger partial charge in [0.25, 0.3) is 0 Å². The number of pyridine rings is 1. The molecule has 0 saturated heterocycles. The minimum absolute atomic E-state index is 0.00348. The number of methoxy groups -OCH3 is 1. The van der Waals surface area contributed by atoms with Gasteiger partial charge < -0.3 is 14.6 Å². The topological polar surface area (TPSA) is 79.9 Å². The number of nitriles is 1. The molecule has 0 aliphatic heterocycles. The number of nitrogens with zero attached hydrogens (tertiary/aromatic N) is 3. The Morgan fingerprint density at radius 2 is 2.04 bits per heavy atom. The van der Waals surface area contributed by atoms with Crippen molar-refractivity contribution in [3.8, 4) is 23.1 Å².